The van der Waals surface area contributed by atoms with Gasteiger partial charge in [-0.1, -0.05) is 0 Å². The molecule has 0 saturated heterocycles. The number of hydrogen-bond donors (Lipinski definition) is 1. The van der Waals surface area contributed by atoms with Crippen molar-refractivity contribution in [2.45, 2.75) is 32.7 Å². The average molecular weight is 261 g/mol. The summed E-state index contributed by atoms with van der Waals surface area (Å²) in [6.45, 7) is 6.54. The lowest BCUT2D eigenvalue weighted by Gasteiger charge is -2.20. The lowest BCUT2D eigenvalue weighted by atomic mass is 10.2. The van der Waals surface area contributed by atoms with Gasteiger partial charge in [0.15, 0.2) is 0 Å². The zero-order chi connectivity index (χ0) is 13.7. The molecule has 0 amide bonds. The topological polar surface area (TPSA) is 41.3 Å². The van der Waals surface area contributed by atoms with E-state index in [9.17, 15) is 0 Å². The van der Waals surface area contributed by atoms with E-state index in [-0.39, 0.29) is 0 Å². The maximum Gasteiger partial charge on any atom is 0.139 e. The third kappa shape index (κ3) is 3.70. The van der Waals surface area contributed by atoms with Gasteiger partial charge in [-0.3, -0.25) is 0 Å². The molecule has 0 bridgehead atoms. The van der Waals surface area contributed by atoms with Gasteiger partial charge < -0.3 is 14.6 Å². The summed E-state index contributed by atoms with van der Waals surface area (Å²) in [5, 5.41) is 4.44. The van der Waals surface area contributed by atoms with Crippen LogP contribution in [0.4, 0.5) is 5.82 Å². The third-order valence-electron chi connectivity index (χ3n) is 3.49. The number of pyridine rings is 1. The summed E-state index contributed by atoms with van der Waals surface area (Å²) in [5.74, 6) is 0.920. The van der Waals surface area contributed by atoms with Crippen LogP contribution in [0.5, 0.6) is 0 Å². The van der Waals surface area contributed by atoms with Crippen molar-refractivity contribution in [3.05, 3.63) is 24.6 Å². The molecule has 0 aliphatic carbocycles. The fourth-order valence-electron chi connectivity index (χ4n) is 1.99. The van der Waals surface area contributed by atoms with Crippen LogP contribution in [-0.4, -0.2) is 36.1 Å². The molecule has 0 unspecified atom stereocenters. The first-order chi connectivity index (χ1) is 9.18. The highest BCUT2D eigenvalue weighted by molar-refractivity contribution is 5.87. The van der Waals surface area contributed by atoms with E-state index < -0.39 is 0 Å². The zero-order valence-electron chi connectivity index (χ0n) is 12.0. The summed E-state index contributed by atoms with van der Waals surface area (Å²) in [6, 6.07) is 4.46. The molecule has 0 saturated carbocycles. The molecule has 19 heavy (non-hydrogen) atoms. The van der Waals surface area contributed by atoms with E-state index in [1.165, 1.54) is 6.42 Å². The Morgan fingerprint density at radius 3 is 2.95 bits per heavy atom. The third-order valence-corrected chi connectivity index (χ3v) is 3.49. The highest BCUT2D eigenvalue weighted by Gasteiger charge is 2.04. The molecule has 2 rings (SSSR count). The lowest BCUT2D eigenvalue weighted by molar-refractivity contribution is 0.269. The number of nitrogens with one attached hydrogen (secondary N) is 1. The number of hydrogen-bond acceptors (Lipinski definition) is 4. The van der Waals surface area contributed by atoms with Crippen molar-refractivity contribution in [1.29, 1.82) is 0 Å². The minimum atomic E-state index is 0.620. The molecule has 4 heteroatoms. The van der Waals surface area contributed by atoms with Gasteiger partial charge >= 0.3 is 0 Å². The minimum absolute atomic E-state index is 0.620. The molecule has 2 aromatic rings. The number of furan rings is 1. The van der Waals surface area contributed by atoms with Gasteiger partial charge in [0.25, 0.3) is 0 Å². The number of aromatic nitrogens is 1. The zero-order valence-corrected chi connectivity index (χ0v) is 12.0. The summed E-state index contributed by atoms with van der Waals surface area (Å²) in [4.78, 5) is 6.73. The van der Waals surface area contributed by atoms with E-state index in [0.717, 1.165) is 36.3 Å². The standard InChI is InChI=1S/C15H23N3O/c1-12(2)18(3)10-5-4-8-16-15-13-7-11-19-14(13)6-9-17-15/h6-7,9,11-12H,4-5,8,10H2,1-3H3,(H,16,17). The highest BCUT2D eigenvalue weighted by Crippen LogP contribution is 2.21. The van der Waals surface area contributed by atoms with Gasteiger partial charge in [0.1, 0.15) is 11.4 Å². The van der Waals surface area contributed by atoms with Gasteiger partial charge in [-0.2, -0.15) is 0 Å². The first kappa shape index (κ1) is 13.9. The van der Waals surface area contributed by atoms with Crippen LogP contribution in [0.15, 0.2) is 29.0 Å². The number of fused-ring (bicyclic) bond motifs is 1. The summed E-state index contributed by atoms with van der Waals surface area (Å²) in [5.41, 5.74) is 0.886. The number of unbranched alkanes of at least 4 members (excludes halogenated alkanes) is 1. The highest BCUT2D eigenvalue weighted by atomic mass is 16.3. The van der Waals surface area contributed by atoms with Gasteiger partial charge in [-0.15, -0.1) is 0 Å². The van der Waals surface area contributed by atoms with Crippen LogP contribution in [0.3, 0.4) is 0 Å². The molecule has 1 N–H and O–H groups in total. The average Bonchev–Trinajstić information content (AvgIpc) is 2.87. The minimum Gasteiger partial charge on any atom is -0.464 e. The second-order valence-corrected chi connectivity index (χ2v) is 5.20. The van der Waals surface area contributed by atoms with Crippen LogP contribution < -0.4 is 5.32 Å². The molecular weight excluding hydrogens is 238 g/mol. The summed E-state index contributed by atoms with van der Waals surface area (Å²) >= 11 is 0. The molecule has 0 fully saturated rings. The van der Waals surface area contributed by atoms with Gasteiger partial charge in [-0.05, 0) is 52.4 Å². The van der Waals surface area contributed by atoms with Crippen molar-refractivity contribution in [2.75, 3.05) is 25.5 Å². The molecule has 0 spiro atoms. The maximum atomic E-state index is 5.36. The Hall–Kier alpha value is -1.55. The molecular formula is C15H23N3O. The molecule has 2 aromatic heterocycles. The van der Waals surface area contributed by atoms with Crippen LogP contribution in [-0.2, 0) is 0 Å². The van der Waals surface area contributed by atoms with Crippen molar-refractivity contribution < 1.29 is 4.42 Å². The van der Waals surface area contributed by atoms with Crippen LogP contribution >= 0.6 is 0 Å². The molecule has 104 valence electrons. The summed E-state index contributed by atoms with van der Waals surface area (Å²) in [6.07, 6.45) is 5.83. The van der Waals surface area contributed by atoms with Gasteiger partial charge in [0.2, 0.25) is 0 Å². The van der Waals surface area contributed by atoms with Crippen LogP contribution in [0.25, 0.3) is 11.0 Å². The van der Waals surface area contributed by atoms with E-state index in [1.54, 1.807) is 12.5 Å². The Kier molecular flexibility index (Phi) is 4.80. The fourth-order valence-corrected chi connectivity index (χ4v) is 1.99. The predicted molar refractivity (Wildman–Crippen MR) is 79.5 cm³/mol. The van der Waals surface area contributed by atoms with Crippen LogP contribution in [0, 0.1) is 0 Å². The number of anilines is 1. The van der Waals surface area contributed by atoms with Crippen LogP contribution in [0.1, 0.15) is 26.7 Å². The first-order valence-electron chi connectivity index (χ1n) is 6.95. The molecule has 0 aromatic carbocycles. The Balaban J connectivity index is 1.76. The monoisotopic (exact) mass is 261 g/mol. The van der Waals surface area contributed by atoms with Crippen molar-refractivity contribution in [3.63, 3.8) is 0 Å². The SMILES string of the molecule is CC(C)N(C)CCCCNc1nccc2occc12. The second-order valence-electron chi connectivity index (χ2n) is 5.20. The van der Waals surface area contributed by atoms with E-state index in [0.29, 0.717) is 6.04 Å². The van der Waals surface area contributed by atoms with Crippen LogP contribution in [0.2, 0.25) is 0 Å². The quantitative estimate of drug-likeness (QED) is 0.776. The Morgan fingerprint density at radius 1 is 1.32 bits per heavy atom. The predicted octanol–water partition coefficient (Wildman–Crippen LogP) is 3.36. The fraction of sp³-hybridized carbons (Fsp3) is 0.533. The molecule has 2 heterocycles. The molecule has 0 atom stereocenters. The van der Waals surface area contributed by atoms with E-state index in [2.05, 4.69) is 36.1 Å². The molecule has 0 aliphatic rings. The lowest BCUT2D eigenvalue weighted by Crippen LogP contribution is -2.27. The van der Waals surface area contributed by atoms with Crippen molar-refractivity contribution in [2.24, 2.45) is 0 Å². The second kappa shape index (κ2) is 6.57. The Labute approximate surface area is 114 Å². The Bertz CT molecular complexity index is 507. The number of rotatable bonds is 7. The smallest absolute Gasteiger partial charge is 0.139 e. The molecule has 0 aliphatic heterocycles. The van der Waals surface area contributed by atoms with Crippen molar-refractivity contribution in [3.8, 4) is 0 Å². The van der Waals surface area contributed by atoms with Gasteiger partial charge in [0, 0.05) is 18.8 Å². The van der Waals surface area contributed by atoms with Crippen molar-refractivity contribution >= 4 is 16.8 Å². The molecule has 0 radical (unpaired) electrons. The largest absolute Gasteiger partial charge is 0.464 e. The van der Waals surface area contributed by atoms with Gasteiger partial charge in [0.05, 0.1) is 11.6 Å². The normalized spacial score (nSPS) is 11.6. The van der Waals surface area contributed by atoms with E-state index in [1.807, 2.05) is 12.1 Å². The Morgan fingerprint density at radius 2 is 2.16 bits per heavy atom. The first-order valence-corrected chi connectivity index (χ1v) is 6.95. The summed E-state index contributed by atoms with van der Waals surface area (Å²) < 4.78 is 5.36. The maximum absolute atomic E-state index is 5.36. The van der Waals surface area contributed by atoms with Crippen molar-refractivity contribution in [1.82, 2.24) is 9.88 Å². The number of nitrogens with zero attached hydrogens (tertiary/aromatic N) is 2. The summed E-state index contributed by atoms with van der Waals surface area (Å²) in [7, 11) is 2.17. The van der Waals surface area contributed by atoms with E-state index in [4.69, 9.17) is 4.42 Å². The van der Waals surface area contributed by atoms with E-state index >= 15 is 0 Å². The molecule has 4 nitrogen and oxygen atoms in total. The van der Waals surface area contributed by atoms with Gasteiger partial charge in [-0.25, -0.2) is 4.98 Å².